The number of hydrogen-bond acceptors (Lipinski definition) is 2. The zero-order chi connectivity index (χ0) is 14.2. The molecule has 5 heteroatoms. The minimum absolute atomic E-state index is 0.155. The molecule has 2 unspecified atom stereocenters. The van der Waals surface area contributed by atoms with Crippen molar-refractivity contribution in [3.8, 4) is 0 Å². The van der Waals surface area contributed by atoms with Crippen molar-refractivity contribution in [2.45, 2.75) is 45.5 Å². The number of alkyl halides is 1. The maximum absolute atomic E-state index is 6.29. The second-order valence-electron chi connectivity index (χ2n) is 5.42. The summed E-state index contributed by atoms with van der Waals surface area (Å²) < 4.78 is 2.16. The molecule has 104 valence electrons. The number of imidazole rings is 1. The highest BCUT2D eigenvalue weighted by Gasteiger charge is 2.21. The van der Waals surface area contributed by atoms with Gasteiger partial charge in [-0.1, -0.05) is 25.4 Å². The van der Waals surface area contributed by atoms with Crippen LogP contribution in [0.2, 0.25) is 5.02 Å². The van der Waals surface area contributed by atoms with Crippen molar-refractivity contribution in [2.24, 2.45) is 5.92 Å². The van der Waals surface area contributed by atoms with Gasteiger partial charge in [-0.3, -0.25) is 4.98 Å². The molecule has 0 spiro atoms. The van der Waals surface area contributed by atoms with Gasteiger partial charge in [0.05, 0.1) is 22.1 Å². The van der Waals surface area contributed by atoms with E-state index in [-0.39, 0.29) is 5.38 Å². The first-order valence-electron chi connectivity index (χ1n) is 6.57. The Labute approximate surface area is 123 Å². The number of hydrogen-bond donors (Lipinski definition) is 0. The smallest absolute Gasteiger partial charge is 0.128 e. The minimum atomic E-state index is -0.155. The molecule has 2 aromatic rings. The first-order chi connectivity index (χ1) is 8.91. The third kappa shape index (κ3) is 2.87. The number of nitrogens with zero attached hydrogens (tertiary/aromatic N) is 3. The van der Waals surface area contributed by atoms with Gasteiger partial charge >= 0.3 is 0 Å². The zero-order valence-electron chi connectivity index (χ0n) is 11.7. The second kappa shape index (κ2) is 5.68. The molecule has 2 rings (SSSR count). The molecule has 0 radical (unpaired) electrons. The lowest BCUT2D eigenvalue weighted by atomic mass is 10.0. The van der Waals surface area contributed by atoms with Crippen molar-refractivity contribution in [2.75, 3.05) is 0 Å². The number of pyridine rings is 1. The molecule has 2 heterocycles. The predicted octanol–water partition coefficient (Wildman–Crippen LogP) is 4.99. The number of halogens is 2. The van der Waals surface area contributed by atoms with Crippen molar-refractivity contribution in [1.82, 2.24) is 14.5 Å². The highest BCUT2D eigenvalue weighted by atomic mass is 35.5. The van der Waals surface area contributed by atoms with Crippen LogP contribution in [-0.4, -0.2) is 14.5 Å². The molecule has 0 amide bonds. The quantitative estimate of drug-likeness (QED) is 0.745. The van der Waals surface area contributed by atoms with Crippen LogP contribution in [0.25, 0.3) is 11.0 Å². The fourth-order valence-corrected chi connectivity index (χ4v) is 2.94. The van der Waals surface area contributed by atoms with E-state index >= 15 is 0 Å². The number of aromatic nitrogens is 3. The summed E-state index contributed by atoms with van der Waals surface area (Å²) in [6, 6.07) is 0.307. The fourth-order valence-electron chi connectivity index (χ4n) is 2.54. The van der Waals surface area contributed by atoms with Crippen LogP contribution >= 0.6 is 23.2 Å². The van der Waals surface area contributed by atoms with Crippen LogP contribution in [0.1, 0.15) is 51.4 Å². The maximum atomic E-state index is 6.29. The molecule has 2 aromatic heterocycles. The molecule has 0 bridgehead atoms. The van der Waals surface area contributed by atoms with Crippen molar-refractivity contribution in [3.63, 3.8) is 0 Å². The van der Waals surface area contributed by atoms with Gasteiger partial charge < -0.3 is 4.57 Å². The third-order valence-corrected chi connectivity index (χ3v) is 3.66. The summed E-state index contributed by atoms with van der Waals surface area (Å²) in [5.74, 6) is 1.46. The molecule has 0 aromatic carbocycles. The Morgan fingerprint density at radius 2 is 1.89 bits per heavy atom. The van der Waals surface area contributed by atoms with E-state index < -0.39 is 0 Å². The Kier molecular flexibility index (Phi) is 4.36. The molecule has 0 aliphatic heterocycles. The van der Waals surface area contributed by atoms with Crippen LogP contribution in [0, 0.1) is 5.92 Å². The topological polar surface area (TPSA) is 30.7 Å². The first-order valence-corrected chi connectivity index (χ1v) is 7.38. The summed E-state index contributed by atoms with van der Waals surface area (Å²) in [4.78, 5) is 8.68. The lowest BCUT2D eigenvalue weighted by molar-refractivity contribution is 0.425. The molecule has 2 atom stereocenters. The Morgan fingerprint density at radius 3 is 2.47 bits per heavy atom. The molecular formula is C14H19Cl2N3. The second-order valence-corrected chi connectivity index (χ2v) is 6.49. The van der Waals surface area contributed by atoms with Gasteiger partial charge in [-0.15, -0.1) is 11.6 Å². The van der Waals surface area contributed by atoms with Crippen LogP contribution in [-0.2, 0) is 0 Å². The van der Waals surface area contributed by atoms with E-state index in [0.29, 0.717) is 17.0 Å². The van der Waals surface area contributed by atoms with Crippen LogP contribution in [0.4, 0.5) is 0 Å². The van der Waals surface area contributed by atoms with Crippen LogP contribution < -0.4 is 0 Å². The van der Waals surface area contributed by atoms with E-state index in [1.807, 2.05) is 6.92 Å². The van der Waals surface area contributed by atoms with E-state index in [1.54, 1.807) is 12.4 Å². The van der Waals surface area contributed by atoms with Crippen LogP contribution in [0.5, 0.6) is 0 Å². The normalized spacial score (nSPS) is 15.1. The number of rotatable bonds is 4. The predicted molar refractivity (Wildman–Crippen MR) is 81.0 cm³/mol. The van der Waals surface area contributed by atoms with Gasteiger partial charge in [0, 0.05) is 12.2 Å². The first kappa shape index (κ1) is 14.6. The van der Waals surface area contributed by atoms with Crippen molar-refractivity contribution in [1.29, 1.82) is 0 Å². The highest BCUT2D eigenvalue weighted by Crippen LogP contribution is 2.33. The van der Waals surface area contributed by atoms with E-state index in [0.717, 1.165) is 23.3 Å². The van der Waals surface area contributed by atoms with Crippen molar-refractivity contribution >= 4 is 34.2 Å². The lowest BCUT2D eigenvalue weighted by Crippen LogP contribution is -2.12. The SMILES string of the molecule is CC(C)CC(C)n1c(C(C)Cl)nc2cncc(Cl)c21. The summed E-state index contributed by atoms with van der Waals surface area (Å²) in [5.41, 5.74) is 1.75. The standard InChI is InChI=1S/C14H19Cl2N3/c1-8(2)5-9(3)19-13-11(16)6-17-7-12(13)18-14(19)10(4)15/h6-10H,5H2,1-4H3. The van der Waals surface area contributed by atoms with E-state index in [4.69, 9.17) is 23.2 Å². The molecule has 0 saturated carbocycles. The van der Waals surface area contributed by atoms with Gasteiger partial charge in [0.15, 0.2) is 0 Å². The largest absolute Gasteiger partial charge is 0.323 e. The highest BCUT2D eigenvalue weighted by molar-refractivity contribution is 6.34. The Morgan fingerprint density at radius 1 is 1.21 bits per heavy atom. The average molecular weight is 300 g/mol. The van der Waals surface area contributed by atoms with Crippen LogP contribution in [0.3, 0.4) is 0 Å². The summed E-state index contributed by atoms with van der Waals surface area (Å²) in [6.07, 6.45) is 4.45. The van der Waals surface area contributed by atoms with E-state index in [2.05, 4.69) is 35.3 Å². The molecule has 0 N–H and O–H groups in total. The molecule has 19 heavy (non-hydrogen) atoms. The summed E-state index contributed by atoms with van der Waals surface area (Å²) in [5, 5.41) is 0.474. The van der Waals surface area contributed by atoms with E-state index in [1.165, 1.54) is 0 Å². The zero-order valence-corrected chi connectivity index (χ0v) is 13.2. The minimum Gasteiger partial charge on any atom is -0.323 e. The Bertz CT molecular complexity index is 575. The maximum Gasteiger partial charge on any atom is 0.128 e. The summed E-state index contributed by atoms with van der Waals surface area (Å²) >= 11 is 12.6. The monoisotopic (exact) mass is 299 g/mol. The van der Waals surface area contributed by atoms with Crippen molar-refractivity contribution in [3.05, 3.63) is 23.2 Å². The summed E-state index contributed by atoms with van der Waals surface area (Å²) in [6.45, 7) is 8.54. The lowest BCUT2D eigenvalue weighted by Gasteiger charge is -2.20. The van der Waals surface area contributed by atoms with E-state index in [9.17, 15) is 0 Å². The molecule has 0 fully saturated rings. The van der Waals surface area contributed by atoms with Gasteiger partial charge in [0.1, 0.15) is 11.3 Å². The fraction of sp³-hybridized carbons (Fsp3) is 0.571. The molecule has 0 saturated heterocycles. The number of fused-ring (bicyclic) bond motifs is 1. The Balaban J connectivity index is 2.64. The molecule has 0 aliphatic carbocycles. The molecular weight excluding hydrogens is 281 g/mol. The van der Waals surface area contributed by atoms with Gasteiger partial charge in [-0.05, 0) is 26.2 Å². The van der Waals surface area contributed by atoms with Crippen LogP contribution in [0.15, 0.2) is 12.4 Å². The van der Waals surface area contributed by atoms with Gasteiger partial charge in [-0.25, -0.2) is 4.98 Å². The van der Waals surface area contributed by atoms with Gasteiger partial charge in [0.2, 0.25) is 0 Å². The van der Waals surface area contributed by atoms with Crippen molar-refractivity contribution < 1.29 is 0 Å². The molecule has 3 nitrogen and oxygen atoms in total. The third-order valence-electron chi connectivity index (χ3n) is 3.19. The summed E-state index contributed by atoms with van der Waals surface area (Å²) in [7, 11) is 0. The van der Waals surface area contributed by atoms with Gasteiger partial charge in [0.25, 0.3) is 0 Å². The Hall–Kier alpha value is -0.800. The molecule has 0 aliphatic rings. The van der Waals surface area contributed by atoms with Gasteiger partial charge in [-0.2, -0.15) is 0 Å². The average Bonchev–Trinajstić information content (AvgIpc) is 2.68.